The fourth-order valence-electron chi connectivity index (χ4n) is 2.94. The van der Waals surface area contributed by atoms with Crippen molar-refractivity contribution >= 4 is 11.7 Å². The van der Waals surface area contributed by atoms with E-state index in [1.165, 1.54) is 6.20 Å². The van der Waals surface area contributed by atoms with Crippen molar-refractivity contribution in [2.45, 2.75) is 32.0 Å². The number of hydrogen-bond acceptors (Lipinski definition) is 6. The Kier molecular flexibility index (Phi) is 5.96. The van der Waals surface area contributed by atoms with Gasteiger partial charge in [0.25, 0.3) is 5.91 Å². The van der Waals surface area contributed by atoms with E-state index >= 15 is 0 Å². The lowest BCUT2D eigenvalue weighted by Crippen LogP contribution is -2.45. The Hall–Kier alpha value is -2.91. The number of piperidine rings is 1. The summed E-state index contributed by atoms with van der Waals surface area (Å²) in [5.74, 6) is 0.452. The van der Waals surface area contributed by atoms with E-state index in [1.54, 1.807) is 17.0 Å². The van der Waals surface area contributed by atoms with E-state index in [0.717, 1.165) is 12.4 Å². The quantitative estimate of drug-likeness (QED) is 0.839. The van der Waals surface area contributed by atoms with E-state index < -0.39 is 11.9 Å². The van der Waals surface area contributed by atoms with Gasteiger partial charge >= 0.3 is 6.18 Å². The molecule has 28 heavy (non-hydrogen) atoms. The molecule has 2 aromatic rings. The first-order chi connectivity index (χ1) is 13.4. The highest BCUT2D eigenvalue weighted by atomic mass is 19.4. The predicted molar refractivity (Wildman–Crippen MR) is 95.1 cm³/mol. The second-order valence-corrected chi connectivity index (χ2v) is 6.31. The average Bonchev–Trinajstić information content (AvgIpc) is 2.69. The van der Waals surface area contributed by atoms with Crippen molar-refractivity contribution in [3.05, 3.63) is 42.0 Å². The van der Waals surface area contributed by atoms with Gasteiger partial charge in [0.15, 0.2) is 0 Å². The maximum Gasteiger partial charge on any atom is 0.433 e. The van der Waals surface area contributed by atoms with Gasteiger partial charge in [-0.2, -0.15) is 13.2 Å². The second kappa shape index (κ2) is 8.41. The smallest absolute Gasteiger partial charge is 0.433 e. The number of carbonyl (C=O) groups is 1. The lowest BCUT2D eigenvalue weighted by Gasteiger charge is -2.33. The van der Waals surface area contributed by atoms with Crippen molar-refractivity contribution in [1.29, 1.82) is 0 Å². The van der Waals surface area contributed by atoms with Gasteiger partial charge in [-0.05, 0) is 25.8 Å². The minimum atomic E-state index is -4.50. The molecule has 0 radical (unpaired) electrons. The van der Waals surface area contributed by atoms with E-state index in [9.17, 15) is 18.0 Å². The summed E-state index contributed by atoms with van der Waals surface area (Å²) >= 11 is 0. The first kappa shape index (κ1) is 19.8. The Morgan fingerprint density at radius 3 is 2.61 bits per heavy atom. The molecule has 7 nitrogen and oxygen atoms in total. The number of halogens is 3. The fourth-order valence-corrected chi connectivity index (χ4v) is 2.94. The summed E-state index contributed by atoms with van der Waals surface area (Å²) in [5.41, 5.74) is -0.535. The van der Waals surface area contributed by atoms with E-state index in [1.807, 2.05) is 6.92 Å². The monoisotopic (exact) mass is 395 g/mol. The minimum absolute atomic E-state index is 0.0701. The van der Waals surface area contributed by atoms with Crippen LogP contribution in [0.4, 0.5) is 19.0 Å². The molecule has 1 aliphatic heterocycles. The molecule has 0 saturated carbocycles. The third kappa shape index (κ3) is 4.87. The van der Waals surface area contributed by atoms with Crippen molar-refractivity contribution in [3.8, 4) is 5.88 Å². The summed E-state index contributed by atoms with van der Waals surface area (Å²) in [6.45, 7) is 3.32. The van der Waals surface area contributed by atoms with Crippen molar-refractivity contribution in [3.63, 3.8) is 0 Å². The molecule has 1 aliphatic rings. The van der Waals surface area contributed by atoms with Gasteiger partial charge in [0.05, 0.1) is 12.2 Å². The molecule has 0 spiro atoms. The lowest BCUT2D eigenvalue weighted by atomic mass is 10.0. The van der Waals surface area contributed by atoms with Crippen LogP contribution in [0.2, 0.25) is 0 Å². The number of aromatic nitrogens is 3. The third-order valence-corrected chi connectivity index (χ3v) is 4.39. The molecule has 10 heteroatoms. The Morgan fingerprint density at radius 1 is 1.25 bits per heavy atom. The average molecular weight is 395 g/mol. The second-order valence-electron chi connectivity index (χ2n) is 6.31. The van der Waals surface area contributed by atoms with Crippen LogP contribution in [0.1, 0.15) is 35.8 Å². The molecule has 1 saturated heterocycles. The van der Waals surface area contributed by atoms with Crippen LogP contribution in [0, 0.1) is 0 Å². The molecule has 0 atom stereocenters. The first-order valence-corrected chi connectivity index (χ1v) is 8.90. The Morgan fingerprint density at radius 2 is 2.00 bits per heavy atom. The standard InChI is InChI=1S/C18H20F3N5O2/c1-2-28-16-4-3-12(10-22-16)17(27)25-13-5-7-26(8-6-13)15-9-14(18(19,20)21)23-11-24-15/h3-4,9-11,13H,2,5-8H2,1H3,(H,25,27). The van der Waals surface area contributed by atoms with Gasteiger partial charge in [0.2, 0.25) is 5.88 Å². The van der Waals surface area contributed by atoms with E-state index in [0.29, 0.717) is 44.0 Å². The molecule has 0 aromatic carbocycles. The number of rotatable bonds is 5. The number of nitrogens with zero attached hydrogens (tertiary/aromatic N) is 4. The highest BCUT2D eigenvalue weighted by Gasteiger charge is 2.33. The van der Waals surface area contributed by atoms with Crippen molar-refractivity contribution < 1.29 is 22.7 Å². The summed E-state index contributed by atoms with van der Waals surface area (Å²) in [5, 5.41) is 2.94. The van der Waals surface area contributed by atoms with Gasteiger partial charge in [-0.1, -0.05) is 0 Å². The van der Waals surface area contributed by atoms with Crippen LogP contribution >= 0.6 is 0 Å². The molecule has 3 heterocycles. The lowest BCUT2D eigenvalue weighted by molar-refractivity contribution is -0.141. The maximum atomic E-state index is 12.8. The van der Waals surface area contributed by atoms with Crippen LogP contribution in [0.5, 0.6) is 5.88 Å². The van der Waals surface area contributed by atoms with Crippen LogP contribution in [0.25, 0.3) is 0 Å². The Labute approximate surface area is 160 Å². The maximum absolute atomic E-state index is 12.8. The zero-order chi connectivity index (χ0) is 20.1. The van der Waals surface area contributed by atoms with Crippen LogP contribution < -0.4 is 15.0 Å². The summed E-state index contributed by atoms with van der Waals surface area (Å²) < 4.78 is 43.6. The van der Waals surface area contributed by atoms with Gasteiger partial charge in [0.1, 0.15) is 17.8 Å². The Bertz CT molecular complexity index is 806. The van der Waals surface area contributed by atoms with E-state index in [4.69, 9.17) is 4.74 Å². The molecule has 0 aliphatic carbocycles. The first-order valence-electron chi connectivity index (χ1n) is 8.90. The van der Waals surface area contributed by atoms with E-state index in [2.05, 4.69) is 20.3 Å². The van der Waals surface area contributed by atoms with Gasteiger partial charge in [0, 0.05) is 37.5 Å². The minimum Gasteiger partial charge on any atom is -0.478 e. The molecule has 1 N–H and O–H groups in total. The van der Waals surface area contributed by atoms with Gasteiger partial charge in [-0.25, -0.2) is 15.0 Å². The summed E-state index contributed by atoms with van der Waals surface area (Å²) in [6, 6.07) is 4.15. The third-order valence-electron chi connectivity index (χ3n) is 4.39. The van der Waals surface area contributed by atoms with Crippen LogP contribution in [-0.2, 0) is 6.18 Å². The molecule has 0 unspecified atom stereocenters. The molecular formula is C18H20F3N5O2. The van der Waals surface area contributed by atoms with Crippen LogP contribution in [-0.4, -0.2) is 46.6 Å². The number of anilines is 1. The number of amides is 1. The van der Waals surface area contributed by atoms with Crippen molar-refractivity contribution in [1.82, 2.24) is 20.3 Å². The normalized spacial score (nSPS) is 15.4. The number of alkyl halides is 3. The molecule has 0 bridgehead atoms. The summed E-state index contributed by atoms with van der Waals surface area (Å²) in [6.07, 6.45) is -0.932. The SMILES string of the molecule is CCOc1ccc(C(=O)NC2CCN(c3cc(C(F)(F)F)ncn3)CC2)cn1. The van der Waals surface area contributed by atoms with Crippen LogP contribution in [0.3, 0.4) is 0 Å². The van der Waals surface area contributed by atoms with Gasteiger partial charge < -0.3 is 15.0 Å². The van der Waals surface area contributed by atoms with Gasteiger partial charge in [-0.3, -0.25) is 4.79 Å². The molecule has 1 amide bonds. The topological polar surface area (TPSA) is 80.2 Å². The van der Waals surface area contributed by atoms with E-state index in [-0.39, 0.29) is 17.8 Å². The largest absolute Gasteiger partial charge is 0.478 e. The highest BCUT2D eigenvalue weighted by Crippen LogP contribution is 2.29. The molecule has 3 rings (SSSR count). The van der Waals surface area contributed by atoms with Crippen LogP contribution in [0.15, 0.2) is 30.7 Å². The molecular weight excluding hydrogens is 375 g/mol. The zero-order valence-corrected chi connectivity index (χ0v) is 15.2. The number of pyridine rings is 1. The highest BCUT2D eigenvalue weighted by molar-refractivity contribution is 5.94. The van der Waals surface area contributed by atoms with Gasteiger partial charge in [-0.15, -0.1) is 0 Å². The van der Waals surface area contributed by atoms with Crippen molar-refractivity contribution in [2.24, 2.45) is 0 Å². The number of hydrogen-bond donors (Lipinski definition) is 1. The number of ether oxygens (including phenoxy) is 1. The predicted octanol–water partition coefficient (Wildman–Crippen LogP) is 2.69. The molecule has 1 fully saturated rings. The molecule has 2 aromatic heterocycles. The Balaban J connectivity index is 1.55. The summed E-state index contributed by atoms with van der Waals surface area (Å²) in [7, 11) is 0. The molecule has 150 valence electrons. The zero-order valence-electron chi connectivity index (χ0n) is 15.2. The fraction of sp³-hybridized carbons (Fsp3) is 0.444. The van der Waals surface area contributed by atoms with Crippen molar-refractivity contribution in [2.75, 3.05) is 24.6 Å². The summed E-state index contributed by atoms with van der Waals surface area (Å²) in [4.78, 5) is 25.4. The number of carbonyl (C=O) groups excluding carboxylic acids is 1. The number of nitrogens with one attached hydrogen (secondary N) is 1.